The largest absolute Gasteiger partial charge is 0.444 e. The van der Waals surface area contributed by atoms with Gasteiger partial charge in [-0.1, -0.05) is 17.3 Å². The molecule has 1 saturated heterocycles. The molecule has 1 aromatic rings. The molecule has 0 unspecified atom stereocenters. The summed E-state index contributed by atoms with van der Waals surface area (Å²) in [6.07, 6.45) is -0.305. The number of rotatable bonds is 3. The number of nitrogen functional groups attached to an aromatic ring is 1. The highest BCUT2D eigenvalue weighted by atomic mass is 16.6. The molecule has 136 valence electrons. The van der Waals surface area contributed by atoms with Gasteiger partial charge in [0, 0.05) is 6.42 Å². The number of hydrogen-bond acceptors (Lipinski definition) is 6. The van der Waals surface area contributed by atoms with E-state index in [4.69, 9.17) is 15.3 Å². The first-order valence-corrected chi connectivity index (χ1v) is 7.95. The number of benzene rings is 1. The fraction of sp³-hybridized carbons (Fsp3) is 0.471. The molecule has 0 aromatic heterocycles. The summed E-state index contributed by atoms with van der Waals surface area (Å²) in [7, 11) is 1.42. The van der Waals surface area contributed by atoms with E-state index in [2.05, 4.69) is 10.5 Å². The standard InChI is InChI=1S/C17H24N4O4/c1-17(2,3)25-16(23)21-10-11(20-24-4)9-14(21)15(22)19-13-8-6-5-7-12(13)18/h5-8,14H,9-10,18H2,1-4H3,(H,19,22)/t14-/m0/s1. The van der Waals surface area contributed by atoms with Crippen molar-refractivity contribution in [3.8, 4) is 0 Å². The molecule has 0 bridgehead atoms. The van der Waals surface area contributed by atoms with Crippen LogP contribution in [0.4, 0.5) is 16.2 Å². The lowest BCUT2D eigenvalue weighted by Gasteiger charge is -2.27. The summed E-state index contributed by atoms with van der Waals surface area (Å²) in [5.41, 5.74) is 6.73. The van der Waals surface area contributed by atoms with Crippen molar-refractivity contribution >= 4 is 29.1 Å². The Morgan fingerprint density at radius 3 is 2.60 bits per heavy atom. The van der Waals surface area contributed by atoms with Crippen molar-refractivity contribution in [3.05, 3.63) is 24.3 Å². The highest BCUT2D eigenvalue weighted by molar-refractivity contribution is 6.05. The van der Waals surface area contributed by atoms with Crippen molar-refractivity contribution in [2.24, 2.45) is 5.16 Å². The van der Waals surface area contributed by atoms with E-state index in [1.54, 1.807) is 45.0 Å². The lowest BCUT2D eigenvalue weighted by atomic mass is 10.1. The molecule has 3 N–H and O–H groups in total. The van der Waals surface area contributed by atoms with Gasteiger partial charge in [-0.15, -0.1) is 0 Å². The summed E-state index contributed by atoms with van der Waals surface area (Å²) in [5.74, 6) is -0.356. The first-order valence-electron chi connectivity index (χ1n) is 7.95. The molecule has 1 aromatic carbocycles. The Morgan fingerprint density at radius 2 is 2.00 bits per heavy atom. The van der Waals surface area contributed by atoms with Crippen LogP contribution in [-0.2, 0) is 14.4 Å². The van der Waals surface area contributed by atoms with Gasteiger partial charge in [0.1, 0.15) is 18.8 Å². The number of nitrogens with two attached hydrogens (primary N) is 1. The minimum absolute atomic E-state index is 0.172. The Bertz CT molecular complexity index is 681. The maximum atomic E-state index is 12.7. The highest BCUT2D eigenvalue weighted by Crippen LogP contribution is 2.23. The minimum Gasteiger partial charge on any atom is -0.444 e. The van der Waals surface area contributed by atoms with Crippen LogP contribution in [0.2, 0.25) is 0 Å². The SMILES string of the molecule is CON=C1C[C@@H](C(=O)Nc2ccccc2N)N(C(=O)OC(C)(C)C)C1. The molecule has 2 rings (SSSR count). The van der Waals surface area contributed by atoms with Gasteiger partial charge in [0.25, 0.3) is 0 Å². The van der Waals surface area contributed by atoms with Crippen molar-refractivity contribution in [3.63, 3.8) is 0 Å². The second-order valence-corrected chi connectivity index (χ2v) is 6.74. The van der Waals surface area contributed by atoms with Gasteiger partial charge in [0.15, 0.2) is 0 Å². The van der Waals surface area contributed by atoms with Crippen LogP contribution in [0.3, 0.4) is 0 Å². The summed E-state index contributed by atoms with van der Waals surface area (Å²) < 4.78 is 5.39. The monoisotopic (exact) mass is 348 g/mol. The molecule has 25 heavy (non-hydrogen) atoms. The van der Waals surface area contributed by atoms with Crippen LogP contribution in [0.25, 0.3) is 0 Å². The predicted octanol–water partition coefficient (Wildman–Crippen LogP) is 2.22. The number of carbonyl (C=O) groups excluding carboxylic acids is 2. The second kappa shape index (κ2) is 7.42. The predicted molar refractivity (Wildman–Crippen MR) is 95.3 cm³/mol. The molecule has 0 radical (unpaired) electrons. The normalized spacial score (nSPS) is 19.0. The quantitative estimate of drug-likeness (QED) is 0.643. The Morgan fingerprint density at radius 1 is 1.32 bits per heavy atom. The Labute approximate surface area is 146 Å². The summed E-state index contributed by atoms with van der Waals surface area (Å²) in [6, 6.07) is 6.18. The number of oxime groups is 1. The molecule has 0 spiro atoms. The van der Waals surface area contributed by atoms with Gasteiger partial charge in [0.2, 0.25) is 5.91 Å². The third kappa shape index (κ3) is 4.85. The van der Waals surface area contributed by atoms with Gasteiger partial charge in [-0.25, -0.2) is 4.79 Å². The zero-order chi connectivity index (χ0) is 18.6. The van der Waals surface area contributed by atoms with Crippen LogP contribution >= 0.6 is 0 Å². The van der Waals surface area contributed by atoms with E-state index in [0.29, 0.717) is 17.1 Å². The first-order chi connectivity index (χ1) is 11.7. The van der Waals surface area contributed by atoms with Gasteiger partial charge in [0.05, 0.1) is 23.6 Å². The number of likely N-dealkylation sites (tertiary alicyclic amines) is 1. The molecule has 1 aliphatic rings. The van der Waals surface area contributed by atoms with E-state index in [1.165, 1.54) is 12.0 Å². The van der Waals surface area contributed by atoms with Gasteiger partial charge in [-0.05, 0) is 32.9 Å². The number of carbonyl (C=O) groups is 2. The number of hydrogen-bond donors (Lipinski definition) is 2. The van der Waals surface area contributed by atoms with Crippen molar-refractivity contribution in [1.29, 1.82) is 0 Å². The number of nitrogens with one attached hydrogen (secondary N) is 1. The van der Waals surface area contributed by atoms with Crippen LogP contribution in [-0.4, -0.2) is 47.9 Å². The van der Waals surface area contributed by atoms with Gasteiger partial charge >= 0.3 is 6.09 Å². The molecule has 1 heterocycles. The molecule has 1 fully saturated rings. The molecule has 1 aliphatic heterocycles. The molecular weight excluding hydrogens is 324 g/mol. The third-order valence-electron chi connectivity index (χ3n) is 3.53. The van der Waals surface area contributed by atoms with E-state index >= 15 is 0 Å². The first kappa shape index (κ1) is 18.6. The van der Waals surface area contributed by atoms with Crippen molar-refractivity contribution < 1.29 is 19.2 Å². The van der Waals surface area contributed by atoms with Crippen molar-refractivity contribution in [1.82, 2.24) is 4.90 Å². The van der Waals surface area contributed by atoms with E-state index < -0.39 is 17.7 Å². The maximum absolute atomic E-state index is 12.7. The number of para-hydroxylation sites is 2. The zero-order valence-electron chi connectivity index (χ0n) is 14.9. The van der Waals surface area contributed by atoms with Crippen LogP contribution < -0.4 is 11.1 Å². The number of amides is 2. The molecule has 2 amide bonds. The summed E-state index contributed by atoms with van der Waals surface area (Å²) in [4.78, 5) is 31.3. The molecule has 0 saturated carbocycles. The average Bonchev–Trinajstić information content (AvgIpc) is 2.92. The second-order valence-electron chi connectivity index (χ2n) is 6.74. The Balaban J connectivity index is 2.19. The van der Waals surface area contributed by atoms with E-state index in [1.807, 2.05) is 0 Å². The molecule has 8 heteroatoms. The smallest absolute Gasteiger partial charge is 0.411 e. The maximum Gasteiger partial charge on any atom is 0.411 e. The number of nitrogens with zero attached hydrogens (tertiary/aromatic N) is 2. The summed E-state index contributed by atoms with van der Waals surface area (Å²) in [5, 5.41) is 6.63. The van der Waals surface area contributed by atoms with Crippen molar-refractivity contribution in [2.45, 2.75) is 38.8 Å². The van der Waals surface area contributed by atoms with Crippen LogP contribution in [0, 0.1) is 0 Å². The molecule has 0 aliphatic carbocycles. The summed E-state index contributed by atoms with van der Waals surface area (Å²) >= 11 is 0. The van der Waals surface area contributed by atoms with Crippen LogP contribution in [0.5, 0.6) is 0 Å². The lowest BCUT2D eigenvalue weighted by molar-refractivity contribution is -0.120. The third-order valence-corrected chi connectivity index (χ3v) is 3.53. The Kier molecular flexibility index (Phi) is 5.51. The van der Waals surface area contributed by atoms with Crippen LogP contribution in [0.15, 0.2) is 29.4 Å². The Hall–Kier alpha value is -2.77. The number of ether oxygens (including phenoxy) is 1. The van der Waals surface area contributed by atoms with E-state index in [-0.39, 0.29) is 18.9 Å². The zero-order valence-corrected chi connectivity index (χ0v) is 14.9. The van der Waals surface area contributed by atoms with Gasteiger partial charge in [-0.2, -0.15) is 0 Å². The van der Waals surface area contributed by atoms with Crippen LogP contribution in [0.1, 0.15) is 27.2 Å². The molecule has 1 atom stereocenters. The fourth-order valence-corrected chi connectivity index (χ4v) is 2.47. The topological polar surface area (TPSA) is 106 Å². The average molecular weight is 348 g/mol. The van der Waals surface area contributed by atoms with E-state index in [0.717, 1.165) is 0 Å². The van der Waals surface area contributed by atoms with Gasteiger partial charge in [-0.3, -0.25) is 9.69 Å². The summed E-state index contributed by atoms with van der Waals surface area (Å²) in [6.45, 7) is 5.48. The van der Waals surface area contributed by atoms with E-state index in [9.17, 15) is 9.59 Å². The lowest BCUT2D eigenvalue weighted by Crippen LogP contribution is -2.45. The number of anilines is 2. The highest BCUT2D eigenvalue weighted by Gasteiger charge is 2.40. The molecular formula is C17H24N4O4. The minimum atomic E-state index is -0.747. The van der Waals surface area contributed by atoms with Crippen molar-refractivity contribution in [2.75, 3.05) is 24.7 Å². The molecule has 8 nitrogen and oxygen atoms in total. The fourth-order valence-electron chi connectivity index (χ4n) is 2.47. The van der Waals surface area contributed by atoms with Gasteiger partial charge < -0.3 is 20.6 Å².